The molecule has 194 valence electrons. The van der Waals surface area contributed by atoms with Crippen molar-refractivity contribution in [2.75, 3.05) is 13.2 Å². The number of nitrogens with zero attached hydrogens (tertiary/aromatic N) is 3. The molecule has 9 heteroatoms. The van der Waals surface area contributed by atoms with Gasteiger partial charge in [-0.05, 0) is 50.8 Å². The van der Waals surface area contributed by atoms with Crippen molar-refractivity contribution >= 4 is 17.7 Å². The number of carbonyl (C=O) groups is 3. The highest BCUT2D eigenvalue weighted by molar-refractivity contribution is 6.01. The van der Waals surface area contributed by atoms with Crippen LogP contribution in [0.15, 0.2) is 30.3 Å². The molecule has 2 aromatic rings. The zero-order valence-electron chi connectivity index (χ0n) is 21.5. The highest BCUT2D eigenvalue weighted by atomic mass is 16.5. The second kappa shape index (κ2) is 11.1. The first-order chi connectivity index (χ1) is 17.4. The van der Waals surface area contributed by atoms with Crippen LogP contribution < -0.4 is 15.4 Å². The number of fused-ring (bicyclic) bond motifs is 1. The number of rotatable bonds is 10. The van der Waals surface area contributed by atoms with Crippen LogP contribution in [0.5, 0.6) is 5.75 Å². The molecule has 0 spiro atoms. The Kier molecular flexibility index (Phi) is 7.96. The van der Waals surface area contributed by atoms with E-state index in [1.54, 1.807) is 11.8 Å². The molecule has 1 aliphatic heterocycles. The maximum atomic E-state index is 13.5. The summed E-state index contributed by atoms with van der Waals surface area (Å²) in [4.78, 5) is 41.5. The molecule has 1 unspecified atom stereocenters. The van der Waals surface area contributed by atoms with Gasteiger partial charge in [0.05, 0.1) is 13.2 Å². The fraction of sp³-hybridized carbons (Fsp3) is 0.556. The third-order valence-electron chi connectivity index (χ3n) is 7.13. The van der Waals surface area contributed by atoms with Crippen LogP contribution in [-0.2, 0) is 17.9 Å². The maximum absolute atomic E-state index is 13.5. The van der Waals surface area contributed by atoms with Crippen LogP contribution in [0.4, 0.5) is 0 Å². The molecule has 1 atom stereocenters. The van der Waals surface area contributed by atoms with Gasteiger partial charge in [0.2, 0.25) is 5.91 Å². The smallest absolute Gasteiger partial charge is 0.273 e. The number of aromatic nitrogens is 2. The summed E-state index contributed by atoms with van der Waals surface area (Å²) in [5.41, 5.74) is 0.363. The Hall–Kier alpha value is -3.36. The molecule has 0 bridgehead atoms. The molecule has 9 nitrogen and oxygen atoms in total. The summed E-state index contributed by atoms with van der Waals surface area (Å²) in [7, 11) is 0. The van der Waals surface area contributed by atoms with Gasteiger partial charge in [0.15, 0.2) is 5.69 Å². The molecule has 3 amide bonds. The summed E-state index contributed by atoms with van der Waals surface area (Å²) in [5.74, 6) is -0.00495. The predicted molar refractivity (Wildman–Crippen MR) is 136 cm³/mol. The van der Waals surface area contributed by atoms with Gasteiger partial charge in [-0.2, -0.15) is 5.10 Å². The van der Waals surface area contributed by atoms with Gasteiger partial charge in [-0.25, -0.2) is 0 Å². The number of unbranched alkanes of at least 4 members (excludes halogenated alkanes) is 1. The van der Waals surface area contributed by atoms with Crippen LogP contribution in [0.1, 0.15) is 85.8 Å². The third-order valence-corrected chi connectivity index (χ3v) is 7.13. The summed E-state index contributed by atoms with van der Waals surface area (Å²) in [5, 5.41) is 10.5. The Bertz CT molecular complexity index is 1090. The van der Waals surface area contributed by atoms with Crippen molar-refractivity contribution in [1.82, 2.24) is 25.3 Å². The van der Waals surface area contributed by atoms with Gasteiger partial charge in [0, 0.05) is 25.2 Å². The van der Waals surface area contributed by atoms with Gasteiger partial charge in [-0.15, -0.1) is 0 Å². The van der Waals surface area contributed by atoms with E-state index in [4.69, 9.17) is 4.74 Å². The van der Waals surface area contributed by atoms with Crippen LogP contribution in [-0.4, -0.2) is 57.1 Å². The lowest BCUT2D eigenvalue weighted by molar-refractivity contribution is -0.133. The summed E-state index contributed by atoms with van der Waals surface area (Å²) in [6.07, 6.45) is 5.86. The van der Waals surface area contributed by atoms with Crippen molar-refractivity contribution in [3.63, 3.8) is 0 Å². The molecule has 2 N–H and O–H groups in total. The largest absolute Gasteiger partial charge is 0.494 e. The molecule has 0 saturated heterocycles. The molecule has 0 radical (unpaired) electrons. The first-order valence-electron chi connectivity index (χ1n) is 13.1. The lowest BCUT2D eigenvalue weighted by Gasteiger charge is -2.43. The van der Waals surface area contributed by atoms with E-state index in [-0.39, 0.29) is 36.0 Å². The monoisotopic (exact) mass is 495 g/mol. The molecule has 1 aromatic carbocycles. The highest BCUT2D eigenvalue weighted by Crippen LogP contribution is 2.29. The molecule has 1 fully saturated rings. The third kappa shape index (κ3) is 5.39. The number of ether oxygens (including phenoxy) is 1. The summed E-state index contributed by atoms with van der Waals surface area (Å²) < 4.78 is 6.97. The second-order valence-electron chi connectivity index (χ2n) is 9.87. The quantitative estimate of drug-likeness (QED) is 0.526. The minimum atomic E-state index is -1.07. The minimum Gasteiger partial charge on any atom is -0.494 e. The molecule has 4 rings (SSSR count). The van der Waals surface area contributed by atoms with Gasteiger partial charge < -0.3 is 20.3 Å². The Morgan fingerprint density at radius 3 is 2.56 bits per heavy atom. The molecule has 36 heavy (non-hydrogen) atoms. The van der Waals surface area contributed by atoms with E-state index < -0.39 is 5.54 Å². The van der Waals surface area contributed by atoms with Crippen LogP contribution in [0.3, 0.4) is 0 Å². The lowest BCUT2D eigenvalue weighted by atomic mass is 9.94. The number of carbonyl (C=O) groups excluding carboxylic acids is 3. The lowest BCUT2D eigenvalue weighted by Crippen LogP contribution is -2.65. The van der Waals surface area contributed by atoms with Crippen molar-refractivity contribution in [3.8, 4) is 5.75 Å². The molecular weight excluding hydrogens is 458 g/mol. The average Bonchev–Trinajstić information content (AvgIpc) is 3.53. The normalized spacial score (nSPS) is 19.8. The number of nitrogens with one attached hydrogen (secondary N) is 2. The number of amides is 3. The van der Waals surface area contributed by atoms with E-state index in [1.807, 2.05) is 31.2 Å². The summed E-state index contributed by atoms with van der Waals surface area (Å²) >= 11 is 0. The van der Waals surface area contributed by atoms with Crippen molar-refractivity contribution in [1.29, 1.82) is 0 Å². The van der Waals surface area contributed by atoms with Gasteiger partial charge >= 0.3 is 0 Å². The SMILES string of the molecule is CCCCN1C(=O)c2cc(C(=O)NCc3ccc(OCC)cc3)nn2CC1(C)C(=O)NC1CCCC1. The van der Waals surface area contributed by atoms with Crippen LogP contribution >= 0.6 is 0 Å². The number of hydrogen-bond donors (Lipinski definition) is 2. The zero-order valence-corrected chi connectivity index (χ0v) is 21.5. The average molecular weight is 496 g/mol. The highest BCUT2D eigenvalue weighted by Gasteiger charge is 2.48. The zero-order chi connectivity index (χ0) is 25.7. The standard InChI is InChI=1S/C27H37N5O4/c1-4-6-15-31-25(34)23-16-22(24(33)28-17-19-11-13-21(14-12-19)36-5-2)30-32(23)18-27(31,3)26(35)29-20-9-7-8-10-20/h11-14,16,20H,4-10,15,17-18H2,1-3H3,(H,28,33)(H,29,35). The second-order valence-corrected chi connectivity index (χ2v) is 9.87. The fourth-order valence-electron chi connectivity index (χ4n) is 4.97. The molecule has 2 heterocycles. The minimum absolute atomic E-state index is 0.151. The topological polar surface area (TPSA) is 106 Å². The van der Waals surface area contributed by atoms with E-state index in [2.05, 4.69) is 22.7 Å². The van der Waals surface area contributed by atoms with E-state index >= 15 is 0 Å². The predicted octanol–water partition coefficient (Wildman–Crippen LogP) is 3.29. The van der Waals surface area contributed by atoms with Gasteiger partial charge in [-0.3, -0.25) is 19.1 Å². The van der Waals surface area contributed by atoms with E-state index in [9.17, 15) is 14.4 Å². The van der Waals surface area contributed by atoms with Crippen molar-refractivity contribution in [2.24, 2.45) is 0 Å². The number of hydrogen-bond acceptors (Lipinski definition) is 5. The van der Waals surface area contributed by atoms with Crippen molar-refractivity contribution in [2.45, 2.75) is 84.0 Å². The molecule has 1 aromatic heterocycles. The van der Waals surface area contributed by atoms with Crippen molar-refractivity contribution < 1.29 is 19.1 Å². The molecule has 1 saturated carbocycles. The van der Waals surface area contributed by atoms with Crippen LogP contribution in [0.2, 0.25) is 0 Å². The van der Waals surface area contributed by atoms with E-state index in [0.29, 0.717) is 25.4 Å². The maximum Gasteiger partial charge on any atom is 0.273 e. The van der Waals surface area contributed by atoms with E-state index in [1.165, 1.54) is 10.7 Å². The Morgan fingerprint density at radius 2 is 1.89 bits per heavy atom. The summed E-state index contributed by atoms with van der Waals surface area (Å²) in [6, 6.07) is 9.20. The summed E-state index contributed by atoms with van der Waals surface area (Å²) in [6.45, 7) is 7.40. The Balaban J connectivity index is 1.49. The molecule has 2 aliphatic rings. The Labute approximate surface area is 212 Å². The van der Waals surface area contributed by atoms with Crippen molar-refractivity contribution in [3.05, 3.63) is 47.3 Å². The molecule has 1 aliphatic carbocycles. The van der Waals surface area contributed by atoms with E-state index in [0.717, 1.165) is 49.8 Å². The van der Waals surface area contributed by atoms with Crippen LogP contribution in [0.25, 0.3) is 0 Å². The fourth-order valence-corrected chi connectivity index (χ4v) is 4.97. The Morgan fingerprint density at radius 1 is 1.17 bits per heavy atom. The first-order valence-corrected chi connectivity index (χ1v) is 13.1. The van der Waals surface area contributed by atoms with Gasteiger partial charge in [0.1, 0.15) is 17.0 Å². The van der Waals surface area contributed by atoms with Gasteiger partial charge in [0.25, 0.3) is 11.8 Å². The van der Waals surface area contributed by atoms with Gasteiger partial charge in [-0.1, -0.05) is 38.3 Å². The molecular formula is C27H37N5O4. The first kappa shape index (κ1) is 25.7. The number of benzene rings is 1. The van der Waals surface area contributed by atoms with Crippen LogP contribution in [0, 0.1) is 0 Å².